The number of fused-ring (bicyclic) bond motifs is 1. The van der Waals surface area contributed by atoms with Crippen molar-refractivity contribution in [3.8, 4) is 11.5 Å². The van der Waals surface area contributed by atoms with E-state index in [9.17, 15) is 16.8 Å². The summed E-state index contributed by atoms with van der Waals surface area (Å²) in [5.74, 6) is 0.923. The minimum atomic E-state index is -3.92. The van der Waals surface area contributed by atoms with Gasteiger partial charge in [0.25, 0.3) is 0 Å². The number of hydrogen-bond acceptors (Lipinski definition) is 7. The molecule has 0 saturated heterocycles. The third kappa shape index (κ3) is 3.40. The van der Waals surface area contributed by atoms with Crippen LogP contribution in [-0.4, -0.2) is 36.4 Å². The Morgan fingerprint density at radius 2 is 1.88 bits per heavy atom. The molecule has 8 nitrogen and oxygen atoms in total. The molecule has 2 heterocycles. The SMILES string of the molecule is CS(=O)(=O)NC[C@@H](c1ccco1)S(=O)(=O)c1ccc2c(c1)OCO2. The molecule has 0 spiro atoms. The van der Waals surface area contributed by atoms with Gasteiger partial charge in [-0.3, -0.25) is 0 Å². The highest BCUT2D eigenvalue weighted by molar-refractivity contribution is 7.92. The van der Waals surface area contributed by atoms with E-state index < -0.39 is 25.1 Å². The predicted molar refractivity (Wildman–Crippen MR) is 84.0 cm³/mol. The number of sulfone groups is 1. The van der Waals surface area contributed by atoms with Gasteiger partial charge in [0.1, 0.15) is 11.0 Å². The van der Waals surface area contributed by atoms with Gasteiger partial charge in [-0.25, -0.2) is 21.6 Å². The highest BCUT2D eigenvalue weighted by Gasteiger charge is 2.33. The first-order valence-corrected chi connectivity index (χ1v) is 10.3. The third-order valence-electron chi connectivity index (χ3n) is 3.44. The topological polar surface area (TPSA) is 112 Å². The van der Waals surface area contributed by atoms with E-state index in [0.717, 1.165) is 6.26 Å². The fraction of sp³-hybridized carbons (Fsp3) is 0.286. The quantitative estimate of drug-likeness (QED) is 0.806. The van der Waals surface area contributed by atoms with E-state index in [4.69, 9.17) is 13.9 Å². The molecule has 1 atom stereocenters. The van der Waals surface area contributed by atoms with Crippen molar-refractivity contribution in [2.45, 2.75) is 10.1 Å². The Hall–Kier alpha value is -2.04. The number of hydrogen-bond donors (Lipinski definition) is 1. The fourth-order valence-electron chi connectivity index (χ4n) is 2.28. The Bertz CT molecular complexity index is 934. The van der Waals surface area contributed by atoms with Crippen LogP contribution in [0.25, 0.3) is 0 Å². The van der Waals surface area contributed by atoms with Crippen LogP contribution >= 0.6 is 0 Å². The normalized spacial score (nSPS) is 15.4. The number of sulfonamides is 1. The van der Waals surface area contributed by atoms with Crippen LogP contribution in [0, 0.1) is 0 Å². The third-order valence-corrected chi connectivity index (χ3v) is 6.19. The van der Waals surface area contributed by atoms with Crippen LogP contribution in [0.4, 0.5) is 0 Å². The summed E-state index contributed by atoms with van der Waals surface area (Å²) in [4.78, 5) is -0.0107. The molecule has 24 heavy (non-hydrogen) atoms. The van der Waals surface area contributed by atoms with Crippen LogP contribution in [0.15, 0.2) is 45.9 Å². The average molecular weight is 373 g/mol. The van der Waals surface area contributed by atoms with Gasteiger partial charge in [-0.05, 0) is 24.3 Å². The van der Waals surface area contributed by atoms with Crippen LogP contribution in [-0.2, 0) is 19.9 Å². The van der Waals surface area contributed by atoms with Gasteiger partial charge in [-0.15, -0.1) is 0 Å². The minimum absolute atomic E-state index is 0.0107. The van der Waals surface area contributed by atoms with Crippen molar-refractivity contribution in [2.75, 3.05) is 19.6 Å². The van der Waals surface area contributed by atoms with Gasteiger partial charge < -0.3 is 13.9 Å². The molecule has 1 aromatic heterocycles. The van der Waals surface area contributed by atoms with Crippen LogP contribution < -0.4 is 14.2 Å². The van der Waals surface area contributed by atoms with Crippen LogP contribution in [0.1, 0.15) is 11.0 Å². The molecule has 1 aliphatic heterocycles. The van der Waals surface area contributed by atoms with E-state index in [1.54, 1.807) is 0 Å². The van der Waals surface area contributed by atoms with Crippen LogP contribution in [0.5, 0.6) is 11.5 Å². The van der Waals surface area contributed by atoms with Gasteiger partial charge in [0, 0.05) is 12.6 Å². The van der Waals surface area contributed by atoms with Crippen LogP contribution in [0.3, 0.4) is 0 Å². The summed E-state index contributed by atoms with van der Waals surface area (Å²) >= 11 is 0. The second kappa shape index (κ2) is 6.11. The zero-order valence-corrected chi connectivity index (χ0v) is 14.3. The summed E-state index contributed by atoms with van der Waals surface area (Å²) in [6.07, 6.45) is 2.29. The highest BCUT2D eigenvalue weighted by Crippen LogP contribution is 2.37. The first-order valence-electron chi connectivity index (χ1n) is 6.89. The monoisotopic (exact) mass is 373 g/mol. The first kappa shape index (κ1) is 16.8. The van der Waals surface area contributed by atoms with Crippen molar-refractivity contribution in [3.05, 3.63) is 42.4 Å². The van der Waals surface area contributed by atoms with Gasteiger partial charge in [-0.1, -0.05) is 0 Å². The van der Waals surface area contributed by atoms with Crippen molar-refractivity contribution in [1.29, 1.82) is 0 Å². The average Bonchev–Trinajstić information content (AvgIpc) is 3.16. The maximum absolute atomic E-state index is 13.0. The molecule has 0 unspecified atom stereocenters. The molecule has 0 saturated carbocycles. The van der Waals surface area contributed by atoms with Crippen LogP contribution in [0.2, 0.25) is 0 Å². The summed E-state index contributed by atoms with van der Waals surface area (Å²) in [6.45, 7) is -0.320. The zero-order valence-electron chi connectivity index (χ0n) is 12.6. The van der Waals surface area contributed by atoms with Crippen molar-refractivity contribution < 1.29 is 30.7 Å². The molecule has 0 fully saturated rings. The minimum Gasteiger partial charge on any atom is -0.468 e. The fourth-order valence-corrected chi connectivity index (χ4v) is 4.46. The summed E-state index contributed by atoms with van der Waals surface area (Å²) < 4.78 is 66.4. The van der Waals surface area contributed by atoms with E-state index in [1.807, 2.05) is 0 Å². The second-order valence-electron chi connectivity index (χ2n) is 5.18. The Balaban J connectivity index is 1.99. The smallest absolute Gasteiger partial charge is 0.231 e. The Morgan fingerprint density at radius 3 is 2.54 bits per heavy atom. The number of benzene rings is 1. The lowest BCUT2D eigenvalue weighted by Gasteiger charge is -2.16. The van der Waals surface area contributed by atoms with E-state index in [0.29, 0.717) is 11.5 Å². The number of ether oxygens (including phenoxy) is 2. The summed E-state index contributed by atoms with van der Waals surface area (Å²) in [5, 5.41) is -1.21. The Kier molecular flexibility index (Phi) is 4.28. The lowest BCUT2D eigenvalue weighted by molar-refractivity contribution is 0.174. The lowest BCUT2D eigenvalue weighted by Crippen LogP contribution is -2.31. The molecule has 10 heteroatoms. The van der Waals surface area contributed by atoms with Gasteiger partial charge >= 0.3 is 0 Å². The van der Waals surface area contributed by atoms with Gasteiger partial charge in [0.2, 0.25) is 16.8 Å². The molecule has 0 aliphatic carbocycles. The molecule has 0 amide bonds. The summed E-state index contributed by atoms with van der Waals surface area (Å²) in [7, 11) is -7.49. The molecule has 130 valence electrons. The maximum Gasteiger partial charge on any atom is 0.231 e. The van der Waals surface area contributed by atoms with E-state index >= 15 is 0 Å². The Labute approximate surface area is 139 Å². The molecule has 2 aromatic rings. The maximum atomic E-state index is 13.0. The molecule has 0 bridgehead atoms. The number of rotatable bonds is 6. The standard InChI is InChI=1S/C14H15NO7S2/c1-23(16,17)15-8-14(12-3-2-6-20-12)24(18,19)10-4-5-11-13(7-10)22-9-21-11/h2-7,14-15H,8-9H2,1H3/t14-/m0/s1. The van der Waals surface area contributed by atoms with Gasteiger partial charge in [0.15, 0.2) is 21.3 Å². The van der Waals surface area contributed by atoms with E-state index in [1.165, 1.54) is 36.6 Å². The molecule has 0 radical (unpaired) electrons. The molecule has 1 N–H and O–H groups in total. The Morgan fingerprint density at radius 1 is 1.12 bits per heavy atom. The predicted octanol–water partition coefficient (Wildman–Crippen LogP) is 1.07. The molecule has 1 aromatic carbocycles. The van der Waals surface area contributed by atoms with Crippen molar-refractivity contribution in [3.63, 3.8) is 0 Å². The lowest BCUT2D eigenvalue weighted by atomic mass is 10.3. The second-order valence-corrected chi connectivity index (χ2v) is 9.15. The first-order chi connectivity index (χ1) is 11.3. The number of nitrogens with one attached hydrogen (secondary N) is 1. The van der Waals surface area contributed by atoms with Crippen molar-refractivity contribution in [2.24, 2.45) is 0 Å². The van der Waals surface area contributed by atoms with Crippen molar-refractivity contribution >= 4 is 19.9 Å². The molecular weight excluding hydrogens is 358 g/mol. The summed E-state index contributed by atoms with van der Waals surface area (Å²) in [5.41, 5.74) is 0. The van der Waals surface area contributed by atoms with Gasteiger partial charge in [-0.2, -0.15) is 0 Å². The molecular formula is C14H15NO7S2. The summed E-state index contributed by atoms with van der Waals surface area (Å²) in [6, 6.07) is 7.27. The number of furan rings is 1. The van der Waals surface area contributed by atoms with E-state index in [2.05, 4.69) is 4.72 Å². The largest absolute Gasteiger partial charge is 0.468 e. The van der Waals surface area contributed by atoms with Crippen molar-refractivity contribution in [1.82, 2.24) is 4.72 Å². The molecule has 1 aliphatic rings. The highest BCUT2D eigenvalue weighted by atomic mass is 32.2. The van der Waals surface area contributed by atoms with E-state index in [-0.39, 0.29) is 24.0 Å². The van der Waals surface area contributed by atoms with Gasteiger partial charge in [0.05, 0.1) is 17.4 Å². The zero-order chi connectivity index (χ0) is 17.4. The molecule has 3 rings (SSSR count).